The van der Waals surface area contributed by atoms with Crippen LogP contribution < -0.4 is 14.8 Å². The van der Waals surface area contributed by atoms with Gasteiger partial charge in [0.05, 0.1) is 12.0 Å². The fraction of sp³-hybridized carbons (Fsp3) is 0.240. The van der Waals surface area contributed by atoms with Crippen LogP contribution in [0.15, 0.2) is 71.6 Å². The lowest BCUT2D eigenvalue weighted by molar-refractivity contribution is -0.118. The van der Waals surface area contributed by atoms with Crippen molar-refractivity contribution in [1.29, 1.82) is 0 Å². The summed E-state index contributed by atoms with van der Waals surface area (Å²) < 4.78 is 34.5. The van der Waals surface area contributed by atoms with E-state index in [0.29, 0.717) is 21.9 Å². The minimum atomic E-state index is -3.98. The van der Waals surface area contributed by atoms with Crippen LogP contribution in [0.3, 0.4) is 0 Å². The number of rotatable bonds is 9. The van der Waals surface area contributed by atoms with Crippen molar-refractivity contribution < 1.29 is 17.9 Å². The molecule has 3 aromatic carbocycles. The zero-order valence-electron chi connectivity index (χ0n) is 19.6. The number of carbonyl (C=O) groups is 1. The highest BCUT2D eigenvalue weighted by atomic mass is 32.2. The number of hydrogen-bond donors (Lipinski definition) is 2. The predicted molar refractivity (Wildman–Crippen MR) is 138 cm³/mol. The van der Waals surface area contributed by atoms with Crippen molar-refractivity contribution in [3.63, 3.8) is 0 Å². The van der Waals surface area contributed by atoms with Gasteiger partial charge in [-0.3, -0.25) is 10.1 Å². The summed E-state index contributed by atoms with van der Waals surface area (Å²) >= 11 is 1.21. The lowest BCUT2D eigenvalue weighted by Crippen LogP contribution is -2.47. The van der Waals surface area contributed by atoms with E-state index in [9.17, 15) is 13.2 Å². The van der Waals surface area contributed by atoms with Gasteiger partial charge in [-0.05, 0) is 41.6 Å². The molecular formula is C25H26N4O4S2. The molecule has 0 spiro atoms. The first kappa shape index (κ1) is 24.8. The Bertz CT molecular complexity index is 1430. The van der Waals surface area contributed by atoms with E-state index in [1.807, 2.05) is 56.3 Å². The third kappa shape index (κ3) is 5.50. The van der Waals surface area contributed by atoms with E-state index >= 15 is 0 Å². The smallest absolute Gasteiger partial charge is 0.244 e. The third-order valence-electron chi connectivity index (χ3n) is 5.81. The van der Waals surface area contributed by atoms with Gasteiger partial charge in [0.25, 0.3) is 0 Å². The molecule has 0 unspecified atom stereocenters. The predicted octanol–water partition coefficient (Wildman–Crippen LogP) is 4.70. The van der Waals surface area contributed by atoms with Gasteiger partial charge in [-0.1, -0.05) is 68.0 Å². The van der Waals surface area contributed by atoms with E-state index in [0.717, 1.165) is 16.7 Å². The fourth-order valence-corrected chi connectivity index (χ4v) is 5.92. The molecule has 0 aliphatic rings. The normalized spacial score (nSPS) is 13.3. The number of ether oxygens (including phenoxy) is 1. The van der Waals surface area contributed by atoms with Crippen LogP contribution in [0.25, 0.3) is 21.3 Å². The summed E-state index contributed by atoms with van der Waals surface area (Å²) in [4.78, 5) is 13.3. The molecule has 1 amide bonds. The summed E-state index contributed by atoms with van der Waals surface area (Å²) in [5.74, 6) is -0.0176. The maximum atomic E-state index is 13.3. The van der Waals surface area contributed by atoms with Crippen LogP contribution in [0.2, 0.25) is 0 Å². The Morgan fingerprint density at radius 2 is 1.74 bits per heavy atom. The zero-order chi connectivity index (χ0) is 25.0. The van der Waals surface area contributed by atoms with E-state index in [1.54, 1.807) is 31.4 Å². The van der Waals surface area contributed by atoms with E-state index in [4.69, 9.17) is 4.74 Å². The van der Waals surface area contributed by atoms with Gasteiger partial charge in [-0.15, -0.1) is 10.2 Å². The molecule has 1 aromatic heterocycles. The van der Waals surface area contributed by atoms with Gasteiger partial charge in [0.15, 0.2) is 0 Å². The number of anilines is 1. The molecule has 35 heavy (non-hydrogen) atoms. The number of fused-ring (bicyclic) bond motifs is 1. The monoisotopic (exact) mass is 510 g/mol. The number of sulfonamides is 1. The molecule has 4 aromatic rings. The Kier molecular flexibility index (Phi) is 7.44. The van der Waals surface area contributed by atoms with Crippen molar-refractivity contribution in [2.75, 3.05) is 12.4 Å². The molecule has 4 rings (SSSR count). The third-order valence-corrected chi connectivity index (χ3v) is 8.20. The highest BCUT2D eigenvalue weighted by Crippen LogP contribution is 2.28. The van der Waals surface area contributed by atoms with Crippen LogP contribution in [0.1, 0.15) is 20.3 Å². The second-order valence-corrected chi connectivity index (χ2v) is 10.8. The Morgan fingerprint density at radius 3 is 2.46 bits per heavy atom. The van der Waals surface area contributed by atoms with Gasteiger partial charge in [0, 0.05) is 10.9 Å². The molecular weight excluding hydrogens is 484 g/mol. The number of amides is 1. The second kappa shape index (κ2) is 10.5. The van der Waals surface area contributed by atoms with Crippen LogP contribution in [-0.2, 0) is 14.8 Å². The minimum absolute atomic E-state index is 0.134. The molecule has 0 saturated carbocycles. The van der Waals surface area contributed by atoms with Crippen LogP contribution in [-0.4, -0.2) is 37.7 Å². The van der Waals surface area contributed by atoms with E-state index in [-0.39, 0.29) is 10.8 Å². The Labute approximate surface area is 208 Å². The number of aromatic nitrogens is 2. The molecule has 2 N–H and O–H groups in total. The molecule has 10 heteroatoms. The number of nitrogens with one attached hydrogen (secondary N) is 2. The quantitative estimate of drug-likeness (QED) is 0.338. The summed E-state index contributed by atoms with van der Waals surface area (Å²) in [6.07, 6.45) is 0.601. The first-order chi connectivity index (χ1) is 16.8. The Balaban J connectivity index is 1.56. The molecule has 8 nitrogen and oxygen atoms in total. The van der Waals surface area contributed by atoms with E-state index < -0.39 is 22.0 Å². The number of hydrogen-bond acceptors (Lipinski definition) is 7. The molecule has 0 saturated heterocycles. The van der Waals surface area contributed by atoms with Crippen molar-refractivity contribution >= 4 is 43.2 Å². The molecule has 0 aliphatic carbocycles. The van der Waals surface area contributed by atoms with Gasteiger partial charge < -0.3 is 4.74 Å². The number of nitrogens with zero attached hydrogens (tertiary/aromatic N) is 2. The maximum Gasteiger partial charge on any atom is 0.244 e. The van der Waals surface area contributed by atoms with Crippen molar-refractivity contribution in [3.8, 4) is 16.3 Å². The summed E-state index contributed by atoms with van der Waals surface area (Å²) in [6.45, 7) is 3.74. The highest BCUT2D eigenvalue weighted by molar-refractivity contribution is 7.89. The van der Waals surface area contributed by atoms with E-state index in [2.05, 4.69) is 20.2 Å². The summed E-state index contributed by atoms with van der Waals surface area (Å²) in [7, 11) is -2.39. The lowest BCUT2D eigenvalue weighted by Gasteiger charge is -2.23. The Morgan fingerprint density at radius 1 is 1.03 bits per heavy atom. The van der Waals surface area contributed by atoms with Crippen LogP contribution in [0.5, 0.6) is 5.75 Å². The van der Waals surface area contributed by atoms with Crippen LogP contribution in [0, 0.1) is 5.92 Å². The van der Waals surface area contributed by atoms with Crippen molar-refractivity contribution in [2.24, 2.45) is 5.92 Å². The van der Waals surface area contributed by atoms with Gasteiger partial charge in [-0.25, -0.2) is 8.42 Å². The molecule has 1 heterocycles. The summed E-state index contributed by atoms with van der Waals surface area (Å²) in [5.41, 5.74) is 0.832. The maximum absolute atomic E-state index is 13.3. The molecule has 182 valence electrons. The number of methoxy groups -OCH3 is 1. The average Bonchev–Trinajstić information content (AvgIpc) is 3.34. The first-order valence-corrected chi connectivity index (χ1v) is 13.4. The molecule has 0 aliphatic heterocycles. The summed E-state index contributed by atoms with van der Waals surface area (Å²) in [5, 5.41) is 13.3. The Hall–Kier alpha value is -3.34. The largest absolute Gasteiger partial charge is 0.497 e. The molecule has 2 atom stereocenters. The molecule has 0 radical (unpaired) electrons. The molecule has 0 bridgehead atoms. The molecule has 0 fully saturated rings. The average molecular weight is 511 g/mol. The van der Waals surface area contributed by atoms with Crippen molar-refractivity contribution in [3.05, 3.63) is 66.7 Å². The lowest BCUT2D eigenvalue weighted by atomic mass is 9.99. The van der Waals surface area contributed by atoms with Gasteiger partial charge in [0.2, 0.25) is 21.1 Å². The van der Waals surface area contributed by atoms with Gasteiger partial charge >= 0.3 is 0 Å². The second-order valence-electron chi connectivity index (χ2n) is 8.09. The minimum Gasteiger partial charge on any atom is -0.497 e. The van der Waals surface area contributed by atoms with Crippen LogP contribution in [0.4, 0.5) is 5.13 Å². The van der Waals surface area contributed by atoms with Crippen LogP contribution >= 0.6 is 11.3 Å². The number of benzene rings is 3. The van der Waals surface area contributed by atoms with Gasteiger partial charge in [-0.2, -0.15) is 4.72 Å². The SMILES string of the molecule is CC[C@H](C)[C@H](NS(=O)(=O)c1cccc2ccccc12)C(=O)Nc1nnc(-c2ccc(OC)cc2)s1. The highest BCUT2D eigenvalue weighted by Gasteiger charge is 2.31. The fourth-order valence-electron chi connectivity index (χ4n) is 3.63. The van der Waals surface area contributed by atoms with Crippen molar-refractivity contribution in [1.82, 2.24) is 14.9 Å². The van der Waals surface area contributed by atoms with Gasteiger partial charge in [0.1, 0.15) is 16.8 Å². The summed E-state index contributed by atoms with van der Waals surface area (Å²) in [6, 6.07) is 18.7. The standard InChI is InChI=1S/C25H26N4O4S2/c1-4-16(2)22(29-35(31,32)21-11-7-9-17-8-5-6-10-20(17)21)23(30)26-25-28-27-24(34-25)18-12-14-19(33-3)15-13-18/h5-16,22,29H,4H2,1-3H3,(H,26,28,30)/t16-,22-/m0/s1. The zero-order valence-corrected chi connectivity index (χ0v) is 21.2. The van der Waals surface area contributed by atoms with E-state index in [1.165, 1.54) is 11.3 Å². The first-order valence-electron chi connectivity index (χ1n) is 11.1. The van der Waals surface area contributed by atoms with Crippen molar-refractivity contribution in [2.45, 2.75) is 31.2 Å². The topological polar surface area (TPSA) is 110 Å². The number of carbonyl (C=O) groups excluding carboxylic acids is 1.